The molecule has 0 saturated carbocycles. The van der Waals surface area contributed by atoms with E-state index in [4.69, 9.17) is 4.52 Å². The van der Waals surface area contributed by atoms with Crippen LogP contribution in [0.1, 0.15) is 12.6 Å². The van der Waals surface area contributed by atoms with Crippen molar-refractivity contribution in [3.8, 4) is 11.3 Å². The minimum absolute atomic E-state index is 0.253. The van der Waals surface area contributed by atoms with Crippen LogP contribution in [0.5, 0.6) is 0 Å². The van der Waals surface area contributed by atoms with Gasteiger partial charge in [0.1, 0.15) is 0 Å². The zero-order chi connectivity index (χ0) is 15.5. The highest BCUT2D eigenvalue weighted by Crippen LogP contribution is 2.23. The van der Waals surface area contributed by atoms with Gasteiger partial charge in [0.25, 0.3) is 0 Å². The van der Waals surface area contributed by atoms with Crippen molar-refractivity contribution in [1.82, 2.24) is 14.8 Å². The molecule has 6 nitrogen and oxygen atoms in total. The molecule has 1 heterocycles. The number of nitrogens with one attached hydrogen (secondary N) is 1. The molecule has 0 fully saturated rings. The zero-order valence-corrected chi connectivity index (χ0v) is 13.1. The number of sulfonamides is 1. The zero-order valence-electron chi connectivity index (χ0n) is 12.3. The van der Waals surface area contributed by atoms with Crippen LogP contribution in [-0.4, -0.2) is 38.5 Å². The molecule has 0 saturated heterocycles. The Hall–Kier alpha value is -1.70. The van der Waals surface area contributed by atoms with Crippen LogP contribution in [0.3, 0.4) is 0 Å². The number of nitrogens with zero attached hydrogens (tertiary/aromatic N) is 2. The summed E-state index contributed by atoms with van der Waals surface area (Å²) in [6.45, 7) is 3.53. The molecule has 0 spiro atoms. The SMILES string of the molecule is CCNCc1cc(-c2ccc(S(=O)(=O)N(C)C)cc2)on1. The first-order valence-electron chi connectivity index (χ1n) is 6.64. The Balaban J connectivity index is 2.21. The molecule has 1 N–H and O–H groups in total. The molecule has 114 valence electrons. The summed E-state index contributed by atoms with van der Waals surface area (Å²) < 4.78 is 30.4. The first-order valence-corrected chi connectivity index (χ1v) is 8.08. The molecule has 0 bridgehead atoms. The highest BCUT2D eigenvalue weighted by atomic mass is 32.2. The van der Waals surface area contributed by atoms with Crippen molar-refractivity contribution in [2.75, 3.05) is 20.6 Å². The van der Waals surface area contributed by atoms with Crippen LogP contribution < -0.4 is 5.32 Å². The molecule has 0 aliphatic carbocycles. The lowest BCUT2D eigenvalue weighted by Crippen LogP contribution is -2.22. The second-order valence-electron chi connectivity index (χ2n) is 4.77. The number of benzene rings is 1. The van der Waals surface area contributed by atoms with Gasteiger partial charge >= 0.3 is 0 Å². The van der Waals surface area contributed by atoms with Crippen LogP contribution in [0, 0.1) is 0 Å². The van der Waals surface area contributed by atoms with Gasteiger partial charge in [0.05, 0.1) is 10.6 Å². The van der Waals surface area contributed by atoms with E-state index in [0.717, 1.165) is 17.8 Å². The Morgan fingerprint density at radius 1 is 1.24 bits per heavy atom. The van der Waals surface area contributed by atoms with E-state index in [1.807, 2.05) is 13.0 Å². The van der Waals surface area contributed by atoms with Crippen LogP contribution in [0.2, 0.25) is 0 Å². The van der Waals surface area contributed by atoms with Crippen LogP contribution in [0.15, 0.2) is 39.8 Å². The third kappa shape index (κ3) is 3.49. The highest BCUT2D eigenvalue weighted by molar-refractivity contribution is 7.89. The van der Waals surface area contributed by atoms with Crippen molar-refractivity contribution < 1.29 is 12.9 Å². The molecule has 0 radical (unpaired) electrons. The van der Waals surface area contributed by atoms with Crippen molar-refractivity contribution in [1.29, 1.82) is 0 Å². The van der Waals surface area contributed by atoms with Gasteiger partial charge in [0.2, 0.25) is 10.0 Å². The normalized spacial score (nSPS) is 12.0. The summed E-state index contributed by atoms with van der Waals surface area (Å²) in [5.74, 6) is 0.622. The summed E-state index contributed by atoms with van der Waals surface area (Å²) in [5, 5.41) is 7.13. The maximum absolute atomic E-state index is 12.0. The summed E-state index contributed by atoms with van der Waals surface area (Å²) >= 11 is 0. The maximum Gasteiger partial charge on any atom is 0.242 e. The Morgan fingerprint density at radius 3 is 2.48 bits per heavy atom. The minimum Gasteiger partial charge on any atom is -0.356 e. The Kier molecular flexibility index (Phi) is 4.76. The molecule has 0 aliphatic heterocycles. The lowest BCUT2D eigenvalue weighted by atomic mass is 10.1. The van der Waals surface area contributed by atoms with Crippen LogP contribution in [-0.2, 0) is 16.6 Å². The van der Waals surface area contributed by atoms with Gasteiger partial charge in [-0.05, 0) is 30.8 Å². The highest BCUT2D eigenvalue weighted by Gasteiger charge is 2.17. The van der Waals surface area contributed by atoms with Crippen LogP contribution in [0.25, 0.3) is 11.3 Å². The Morgan fingerprint density at radius 2 is 1.90 bits per heavy atom. The fourth-order valence-corrected chi connectivity index (χ4v) is 2.69. The third-order valence-corrected chi connectivity index (χ3v) is 4.86. The lowest BCUT2D eigenvalue weighted by molar-refractivity contribution is 0.420. The molecule has 0 unspecified atom stereocenters. The molecule has 0 atom stereocenters. The van der Waals surface area contributed by atoms with Crippen molar-refractivity contribution in [2.24, 2.45) is 0 Å². The van der Waals surface area contributed by atoms with Crippen molar-refractivity contribution in [3.05, 3.63) is 36.0 Å². The summed E-state index contributed by atoms with van der Waals surface area (Å²) in [6, 6.07) is 8.41. The minimum atomic E-state index is -3.41. The average molecular weight is 309 g/mol. The van der Waals surface area contributed by atoms with Gasteiger partial charge in [-0.1, -0.05) is 12.1 Å². The third-order valence-electron chi connectivity index (χ3n) is 3.03. The van der Waals surface area contributed by atoms with Crippen molar-refractivity contribution in [3.63, 3.8) is 0 Å². The quantitative estimate of drug-likeness (QED) is 0.879. The van der Waals surface area contributed by atoms with Gasteiger partial charge in [-0.25, -0.2) is 12.7 Å². The second-order valence-corrected chi connectivity index (χ2v) is 6.93. The fraction of sp³-hybridized carbons (Fsp3) is 0.357. The number of hydrogen-bond acceptors (Lipinski definition) is 5. The largest absolute Gasteiger partial charge is 0.356 e. The van der Waals surface area contributed by atoms with E-state index in [-0.39, 0.29) is 4.90 Å². The molecule has 21 heavy (non-hydrogen) atoms. The van der Waals surface area contributed by atoms with E-state index < -0.39 is 10.0 Å². The van der Waals surface area contributed by atoms with E-state index >= 15 is 0 Å². The first-order chi connectivity index (χ1) is 9.95. The number of hydrogen-bond donors (Lipinski definition) is 1. The van der Waals surface area contributed by atoms with Gasteiger partial charge in [0.15, 0.2) is 5.76 Å². The van der Waals surface area contributed by atoms with E-state index in [1.165, 1.54) is 18.4 Å². The van der Waals surface area contributed by atoms with Gasteiger partial charge in [-0.15, -0.1) is 0 Å². The molecule has 0 amide bonds. The average Bonchev–Trinajstić information content (AvgIpc) is 2.94. The first kappa shape index (κ1) is 15.7. The monoisotopic (exact) mass is 309 g/mol. The van der Waals surface area contributed by atoms with Crippen molar-refractivity contribution >= 4 is 10.0 Å². The Bertz CT molecular complexity index is 691. The van der Waals surface area contributed by atoms with E-state index in [0.29, 0.717) is 12.3 Å². The Labute approximate surface area is 124 Å². The molecular formula is C14H19N3O3S. The van der Waals surface area contributed by atoms with Crippen LogP contribution >= 0.6 is 0 Å². The molecule has 2 rings (SSSR count). The number of rotatable bonds is 6. The predicted molar refractivity (Wildman–Crippen MR) is 80.2 cm³/mol. The standard InChI is InChI=1S/C14H19N3O3S/c1-4-15-10-12-9-14(20-16-12)11-5-7-13(8-6-11)21(18,19)17(2)3/h5-9,15H,4,10H2,1-3H3. The van der Waals surface area contributed by atoms with E-state index in [2.05, 4.69) is 10.5 Å². The molecular weight excluding hydrogens is 290 g/mol. The lowest BCUT2D eigenvalue weighted by Gasteiger charge is -2.11. The maximum atomic E-state index is 12.0. The summed E-state index contributed by atoms with van der Waals surface area (Å²) in [4.78, 5) is 0.253. The van der Waals surface area contributed by atoms with Gasteiger partial charge < -0.3 is 9.84 Å². The molecule has 1 aromatic heterocycles. The topological polar surface area (TPSA) is 75.4 Å². The fourth-order valence-electron chi connectivity index (χ4n) is 1.79. The van der Waals surface area contributed by atoms with Crippen molar-refractivity contribution in [2.45, 2.75) is 18.4 Å². The molecule has 0 aliphatic rings. The number of aromatic nitrogens is 1. The smallest absolute Gasteiger partial charge is 0.242 e. The second kappa shape index (κ2) is 6.38. The van der Waals surface area contributed by atoms with Gasteiger partial charge in [0, 0.05) is 32.3 Å². The summed E-state index contributed by atoms with van der Waals surface area (Å²) in [5.41, 5.74) is 1.61. The predicted octanol–water partition coefficient (Wildman–Crippen LogP) is 1.70. The van der Waals surface area contributed by atoms with E-state index in [1.54, 1.807) is 24.3 Å². The summed E-state index contributed by atoms with van der Waals surface area (Å²) in [6.07, 6.45) is 0. The molecule has 7 heteroatoms. The molecule has 2 aromatic rings. The van der Waals surface area contributed by atoms with Gasteiger partial charge in [-0.3, -0.25) is 0 Å². The van der Waals surface area contributed by atoms with Gasteiger partial charge in [-0.2, -0.15) is 0 Å². The summed E-state index contributed by atoms with van der Waals surface area (Å²) in [7, 11) is -0.392. The van der Waals surface area contributed by atoms with Crippen LogP contribution in [0.4, 0.5) is 0 Å². The molecule has 1 aromatic carbocycles. The van der Waals surface area contributed by atoms with E-state index in [9.17, 15) is 8.42 Å².